The van der Waals surface area contributed by atoms with Crippen LogP contribution in [0.4, 0.5) is 0 Å². The molecule has 0 spiro atoms. The van der Waals surface area contributed by atoms with Gasteiger partial charge in [0.1, 0.15) is 6.61 Å². The largest absolute Gasteiger partial charge is 0.476 e. The summed E-state index contributed by atoms with van der Waals surface area (Å²) in [6.07, 6.45) is 4.68. The molecule has 0 amide bonds. The van der Waals surface area contributed by atoms with Gasteiger partial charge >= 0.3 is 0 Å². The third-order valence-corrected chi connectivity index (χ3v) is 3.70. The van der Waals surface area contributed by atoms with E-state index in [9.17, 15) is 4.79 Å². The Balaban J connectivity index is 1.88. The summed E-state index contributed by atoms with van der Waals surface area (Å²) in [6, 6.07) is 8.00. The molecule has 4 nitrogen and oxygen atoms in total. The summed E-state index contributed by atoms with van der Waals surface area (Å²) in [5.74, 6) is 0.711. The number of benzene rings is 1. The highest BCUT2D eigenvalue weighted by Gasteiger charge is 2.38. The molecule has 0 aromatic heterocycles. The molecule has 0 radical (unpaired) electrons. The Bertz CT molecular complexity index is 523. The minimum absolute atomic E-state index is 0.321. The molecule has 4 heteroatoms. The molecule has 0 saturated heterocycles. The minimum Gasteiger partial charge on any atom is -0.476 e. The lowest BCUT2D eigenvalue weighted by Gasteiger charge is -2.37. The van der Waals surface area contributed by atoms with E-state index in [2.05, 4.69) is 9.98 Å². The van der Waals surface area contributed by atoms with Crippen molar-refractivity contribution in [3.05, 3.63) is 35.4 Å². The molecule has 0 bridgehead atoms. The van der Waals surface area contributed by atoms with Crippen LogP contribution in [0.1, 0.15) is 30.4 Å². The van der Waals surface area contributed by atoms with Crippen molar-refractivity contribution in [1.82, 2.24) is 0 Å². The van der Waals surface area contributed by atoms with E-state index in [1.807, 2.05) is 24.3 Å². The highest BCUT2D eigenvalue weighted by Crippen LogP contribution is 2.44. The molecule has 0 atom stereocenters. The van der Waals surface area contributed by atoms with E-state index >= 15 is 0 Å². The number of aliphatic imine (C=N–C) groups is 2. The number of hydrogen-bond donors (Lipinski definition) is 0. The zero-order valence-electron chi connectivity index (χ0n) is 10.1. The SMILES string of the molecule is O=C=NC1(c2ccc(C3=NCCO3)cc2)CCC1. The first-order valence-corrected chi connectivity index (χ1v) is 6.21. The summed E-state index contributed by atoms with van der Waals surface area (Å²) in [5, 5.41) is 0. The van der Waals surface area contributed by atoms with Crippen molar-refractivity contribution >= 4 is 12.0 Å². The second kappa shape index (κ2) is 4.39. The molecule has 1 saturated carbocycles. The van der Waals surface area contributed by atoms with Crippen molar-refractivity contribution in [1.29, 1.82) is 0 Å². The van der Waals surface area contributed by atoms with Crippen molar-refractivity contribution in [2.45, 2.75) is 24.8 Å². The third-order valence-electron chi connectivity index (χ3n) is 3.70. The molecule has 2 aliphatic rings. The monoisotopic (exact) mass is 242 g/mol. The van der Waals surface area contributed by atoms with Gasteiger partial charge in [0.05, 0.1) is 12.1 Å². The highest BCUT2D eigenvalue weighted by molar-refractivity contribution is 5.94. The number of ether oxygens (including phenoxy) is 1. The van der Waals surface area contributed by atoms with Gasteiger partial charge in [0, 0.05) is 5.56 Å². The van der Waals surface area contributed by atoms with Gasteiger partial charge in [-0.25, -0.2) is 9.79 Å². The summed E-state index contributed by atoms with van der Waals surface area (Å²) in [7, 11) is 0. The first-order valence-electron chi connectivity index (χ1n) is 6.21. The van der Waals surface area contributed by atoms with Crippen molar-refractivity contribution in [2.24, 2.45) is 9.98 Å². The van der Waals surface area contributed by atoms with Crippen molar-refractivity contribution in [2.75, 3.05) is 13.2 Å². The molecule has 3 rings (SSSR count). The van der Waals surface area contributed by atoms with E-state index in [0.29, 0.717) is 12.5 Å². The fourth-order valence-electron chi connectivity index (χ4n) is 2.50. The first kappa shape index (κ1) is 11.2. The van der Waals surface area contributed by atoms with E-state index in [1.54, 1.807) is 6.08 Å². The van der Waals surface area contributed by atoms with E-state index < -0.39 is 0 Å². The lowest BCUT2D eigenvalue weighted by atomic mass is 9.72. The van der Waals surface area contributed by atoms with Gasteiger partial charge in [-0.3, -0.25) is 0 Å². The van der Waals surface area contributed by atoms with Crippen LogP contribution in [-0.4, -0.2) is 25.1 Å². The van der Waals surface area contributed by atoms with Crippen LogP contribution in [0, 0.1) is 0 Å². The lowest BCUT2D eigenvalue weighted by Crippen LogP contribution is -2.31. The van der Waals surface area contributed by atoms with Gasteiger partial charge in [-0.05, 0) is 37.0 Å². The Hall–Kier alpha value is -1.93. The average molecular weight is 242 g/mol. The predicted molar refractivity (Wildman–Crippen MR) is 67.4 cm³/mol. The average Bonchev–Trinajstić information content (AvgIpc) is 2.88. The van der Waals surface area contributed by atoms with Crippen molar-refractivity contribution in [3.63, 3.8) is 0 Å². The molecular weight excluding hydrogens is 228 g/mol. The standard InChI is InChI=1S/C14H14N2O2/c17-10-16-14(6-1-7-14)12-4-2-11(3-5-12)13-15-8-9-18-13/h2-5H,1,6-9H2. The third kappa shape index (κ3) is 1.75. The van der Waals surface area contributed by atoms with E-state index in [0.717, 1.165) is 36.9 Å². The first-order chi connectivity index (χ1) is 8.84. The Morgan fingerprint density at radius 3 is 2.56 bits per heavy atom. The number of isocyanates is 1. The van der Waals surface area contributed by atoms with Crippen LogP contribution in [0.5, 0.6) is 0 Å². The maximum Gasteiger partial charge on any atom is 0.235 e. The van der Waals surface area contributed by atoms with Gasteiger partial charge in [-0.1, -0.05) is 12.1 Å². The van der Waals surface area contributed by atoms with Crippen LogP contribution in [-0.2, 0) is 15.1 Å². The fourth-order valence-corrected chi connectivity index (χ4v) is 2.50. The van der Waals surface area contributed by atoms with Gasteiger partial charge in [0.15, 0.2) is 0 Å². The minimum atomic E-state index is -0.321. The molecule has 18 heavy (non-hydrogen) atoms. The molecular formula is C14H14N2O2. The summed E-state index contributed by atoms with van der Waals surface area (Å²) in [4.78, 5) is 18.8. The number of hydrogen-bond acceptors (Lipinski definition) is 4. The van der Waals surface area contributed by atoms with Crippen LogP contribution in [0.3, 0.4) is 0 Å². The van der Waals surface area contributed by atoms with Crippen LogP contribution in [0.25, 0.3) is 0 Å². The Labute approximate surface area is 105 Å². The normalized spacial score (nSPS) is 20.3. The number of carbonyl (C=O) groups excluding carboxylic acids is 1. The Morgan fingerprint density at radius 1 is 1.28 bits per heavy atom. The van der Waals surface area contributed by atoms with Crippen LogP contribution in [0.2, 0.25) is 0 Å². The maximum atomic E-state index is 10.5. The van der Waals surface area contributed by atoms with Crippen LogP contribution < -0.4 is 0 Å². The van der Waals surface area contributed by atoms with Gasteiger partial charge in [-0.2, -0.15) is 4.99 Å². The second-order valence-electron chi connectivity index (χ2n) is 4.70. The molecule has 1 aromatic carbocycles. The Morgan fingerprint density at radius 2 is 2.06 bits per heavy atom. The van der Waals surface area contributed by atoms with Gasteiger partial charge in [0.25, 0.3) is 0 Å². The van der Waals surface area contributed by atoms with Crippen molar-refractivity contribution < 1.29 is 9.53 Å². The summed E-state index contributed by atoms with van der Waals surface area (Å²) < 4.78 is 5.42. The van der Waals surface area contributed by atoms with Gasteiger partial charge < -0.3 is 4.74 Å². The Kier molecular flexibility index (Phi) is 2.73. The maximum absolute atomic E-state index is 10.5. The fraction of sp³-hybridized carbons (Fsp3) is 0.429. The zero-order valence-corrected chi connectivity index (χ0v) is 10.1. The highest BCUT2D eigenvalue weighted by atomic mass is 16.5. The molecule has 1 aliphatic carbocycles. The summed E-state index contributed by atoms with van der Waals surface area (Å²) in [5.41, 5.74) is 1.75. The van der Waals surface area contributed by atoms with Crippen LogP contribution in [0.15, 0.2) is 34.3 Å². The summed E-state index contributed by atoms with van der Waals surface area (Å²) in [6.45, 7) is 1.40. The zero-order chi connectivity index (χ0) is 12.4. The summed E-state index contributed by atoms with van der Waals surface area (Å²) >= 11 is 0. The molecule has 92 valence electrons. The number of rotatable bonds is 3. The van der Waals surface area contributed by atoms with Gasteiger partial charge in [0.2, 0.25) is 12.0 Å². The molecule has 1 aliphatic heterocycles. The molecule has 1 heterocycles. The second-order valence-corrected chi connectivity index (χ2v) is 4.70. The molecule has 1 aromatic rings. The van der Waals surface area contributed by atoms with Crippen LogP contribution >= 0.6 is 0 Å². The van der Waals surface area contributed by atoms with E-state index in [4.69, 9.17) is 4.74 Å². The van der Waals surface area contributed by atoms with Gasteiger partial charge in [-0.15, -0.1) is 0 Å². The number of nitrogens with zero attached hydrogens (tertiary/aromatic N) is 2. The predicted octanol–water partition coefficient (Wildman–Crippen LogP) is 2.18. The quantitative estimate of drug-likeness (QED) is 0.602. The lowest BCUT2D eigenvalue weighted by molar-refractivity contribution is 0.256. The van der Waals surface area contributed by atoms with E-state index in [-0.39, 0.29) is 5.54 Å². The smallest absolute Gasteiger partial charge is 0.235 e. The molecule has 0 N–H and O–H groups in total. The molecule has 0 unspecified atom stereocenters. The molecule has 1 fully saturated rings. The topological polar surface area (TPSA) is 51.0 Å². The van der Waals surface area contributed by atoms with Crippen molar-refractivity contribution in [3.8, 4) is 0 Å². The van der Waals surface area contributed by atoms with E-state index in [1.165, 1.54) is 0 Å².